The molecule has 0 bridgehead atoms. The molecule has 116 valence electrons. The van der Waals surface area contributed by atoms with E-state index < -0.39 is 5.97 Å². The van der Waals surface area contributed by atoms with Crippen LogP contribution in [0.15, 0.2) is 30.3 Å². The predicted molar refractivity (Wildman–Crippen MR) is 81.7 cm³/mol. The maximum Gasteiger partial charge on any atom is 0.305 e. The Bertz CT molecular complexity index is 462. The van der Waals surface area contributed by atoms with Crippen LogP contribution >= 0.6 is 0 Å². The van der Waals surface area contributed by atoms with Gasteiger partial charge in [0.1, 0.15) is 0 Å². The number of carboxylic acid groups (broad SMARTS) is 1. The smallest absolute Gasteiger partial charge is 0.305 e. The van der Waals surface area contributed by atoms with Gasteiger partial charge in [-0.3, -0.25) is 9.59 Å². The fraction of sp³-hybridized carbons (Fsp3) is 0.500. The van der Waals surface area contributed by atoms with Gasteiger partial charge in [0.2, 0.25) is 5.91 Å². The number of nitrogens with zero attached hydrogens (tertiary/aromatic N) is 1. The first-order valence-electron chi connectivity index (χ1n) is 7.27. The second-order valence-electron chi connectivity index (χ2n) is 5.18. The van der Waals surface area contributed by atoms with Crippen LogP contribution in [-0.2, 0) is 9.59 Å². The van der Waals surface area contributed by atoms with E-state index in [9.17, 15) is 9.59 Å². The van der Waals surface area contributed by atoms with Crippen LogP contribution in [0.2, 0.25) is 0 Å². The first kappa shape index (κ1) is 17.2. The van der Waals surface area contributed by atoms with Crippen molar-refractivity contribution in [3.05, 3.63) is 35.9 Å². The normalized spacial score (nSPS) is 13.5. The average Bonchev–Trinajstić information content (AvgIpc) is 2.45. The SMILES string of the molecule is CCN(C(=O)CCC(N)c1ccccc1)C(C)CC(=O)O. The summed E-state index contributed by atoms with van der Waals surface area (Å²) in [7, 11) is 0. The standard InChI is InChI=1S/C16H24N2O3/c1-3-18(12(2)11-16(20)21)15(19)10-9-14(17)13-7-5-4-6-8-13/h4-8,12,14H,3,9-11,17H2,1-2H3,(H,20,21). The molecule has 0 spiro atoms. The third-order valence-corrected chi connectivity index (χ3v) is 3.56. The van der Waals surface area contributed by atoms with Gasteiger partial charge in [-0.1, -0.05) is 30.3 Å². The maximum atomic E-state index is 12.2. The quantitative estimate of drug-likeness (QED) is 0.769. The Balaban J connectivity index is 2.53. The Labute approximate surface area is 125 Å². The van der Waals surface area contributed by atoms with Crippen LogP contribution in [0.25, 0.3) is 0 Å². The molecular formula is C16H24N2O3. The zero-order valence-corrected chi connectivity index (χ0v) is 12.7. The van der Waals surface area contributed by atoms with Gasteiger partial charge in [0, 0.05) is 25.0 Å². The number of aliphatic carboxylic acids is 1. The number of rotatable bonds is 8. The van der Waals surface area contributed by atoms with Crippen LogP contribution in [0, 0.1) is 0 Å². The van der Waals surface area contributed by atoms with Crippen molar-refractivity contribution in [2.45, 2.75) is 45.2 Å². The van der Waals surface area contributed by atoms with Crippen molar-refractivity contribution >= 4 is 11.9 Å². The van der Waals surface area contributed by atoms with E-state index in [1.807, 2.05) is 37.3 Å². The molecule has 0 saturated heterocycles. The fourth-order valence-corrected chi connectivity index (χ4v) is 2.39. The molecule has 2 unspecified atom stereocenters. The summed E-state index contributed by atoms with van der Waals surface area (Å²) >= 11 is 0. The van der Waals surface area contributed by atoms with Crippen molar-refractivity contribution in [1.82, 2.24) is 4.90 Å². The molecule has 0 aliphatic carbocycles. The highest BCUT2D eigenvalue weighted by Gasteiger charge is 2.21. The van der Waals surface area contributed by atoms with E-state index >= 15 is 0 Å². The fourth-order valence-electron chi connectivity index (χ4n) is 2.39. The van der Waals surface area contributed by atoms with Gasteiger partial charge in [0.25, 0.3) is 0 Å². The van der Waals surface area contributed by atoms with Crippen molar-refractivity contribution in [3.8, 4) is 0 Å². The summed E-state index contributed by atoms with van der Waals surface area (Å²) in [6.07, 6.45) is 0.845. The van der Waals surface area contributed by atoms with Gasteiger partial charge in [-0.2, -0.15) is 0 Å². The van der Waals surface area contributed by atoms with Gasteiger partial charge in [0.15, 0.2) is 0 Å². The topological polar surface area (TPSA) is 83.6 Å². The van der Waals surface area contributed by atoms with Crippen LogP contribution in [0.5, 0.6) is 0 Å². The zero-order chi connectivity index (χ0) is 15.8. The molecule has 0 radical (unpaired) electrons. The molecule has 5 heteroatoms. The lowest BCUT2D eigenvalue weighted by Crippen LogP contribution is -2.39. The van der Waals surface area contributed by atoms with Crippen LogP contribution in [0.1, 0.15) is 44.7 Å². The molecule has 0 heterocycles. The third kappa shape index (κ3) is 5.55. The number of benzene rings is 1. The number of hydrogen-bond acceptors (Lipinski definition) is 3. The number of hydrogen-bond donors (Lipinski definition) is 2. The molecule has 21 heavy (non-hydrogen) atoms. The number of carbonyl (C=O) groups excluding carboxylic acids is 1. The predicted octanol–water partition coefficient (Wildman–Crippen LogP) is 2.18. The first-order chi connectivity index (χ1) is 9.95. The second kappa shape index (κ2) is 8.42. The van der Waals surface area contributed by atoms with Crippen molar-refractivity contribution in [1.29, 1.82) is 0 Å². The van der Waals surface area contributed by atoms with Gasteiger partial charge in [-0.15, -0.1) is 0 Å². The third-order valence-electron chi connectivity index (χ3n) is 3.56. The average molecular weight is 292 g/mol. The minimum atomic E-state index is -0.894. The Morgan fingerprint density at radius 2 is 1.90 bits per heavy atom. The molecule has 0 fully saturated rings. The van der Waals surface area contributed by atoms with Crippen molar-refractivity contribution < 1.29 is 14.7 Å². The number of amides is 1. The van der Waals surface area contributed by atoms with Crippen LogP contribution in [0.4, 0.5) is 0 Å². The Morgan fingerprint density at radius 1 is 1.29 bits per heavy atom. The van der Waals surface area contributed by atoms with E-state index in [0.717, 1.165) is 5.56 Å². The summed E-state index contributed by atoms with van der Waals surface area (Å²) in [4.78, 5) is 24.6. The van der Waals surface area contributed by atoms with E-state index in [0.29, 0.717) is 19.4 Å². The highest BCUT2D eigenvalue weighted by molar-refractivity contribution is 5.77. The number of carbonyl (C=O) groups is 2. The van der Waals surface area contributed by atoms with Crippen LogP contribution < -0.4 is 5.73 Å². The first-order valence-corrected chi connectivity index (χ1v) is 7.27. The summed E-state index contributed by atoms with van der Waals surface area (Å²) in [6, 6.07) is 9.18. The summed E-state index contributed by atoms with van der Waals surface area (Å²) in [6.45, 7) is 4.12. The largest absolute Gasteiger partial charge is 0.481 e. The molecule has 0 aromatic heterocycles. The zero-order valence-electron chi connectivity index (χ0n) is 12.7. The molecule has 5 nitrogen and oxygen atoms in total. The van der Waals surface area contributed by atoms with E-state index in [1.165, 1.54) is 0 Å². The summed E-state index contributed by atoms with van der Waals surface area (Å²) in [5.41, 5.74) is 7.08. The lowest BCUT2D eigenvalue weighted by molar-refractivity contribution is -0.140. The molecular weight excluding hydrogens is 268 g/mol. The lowest BCUT2D eigenvalue weighted by atomic mass is 10.0. The highest BCUT2D eigenvalue weighted by atomic mass is 16.4. The van der Waals surface area contributed by atoms with E-state index in [-0.39, 0.29) is 24.4 Å². The van der Waals surface area contributed by atoms with Crippen molar-refractivity contribution in [2.75, 3.05) is 6.54 Å². The Kier molecular flexibility index (Phi) is 6.88. The molecule has 1 aromatic rings. The maximum absolute atomic E-state index is 12.2. The lowest BCUT2D eigenvalue weighted by Gasteiger charge is -2.27. The summed E-state index contributed by atoms with van der Waals surface area (Å²) in [5, 5.41) is 8.82. The molecule has 3 N–H and O–H groups in total. The number of nitrogens with two attached hydrogens (primary N) is 1. The minimum absolute atomic E-state index is 0.0374. The van der Waals surface area contributed by atoms with E-state index in [2.05, 4.69) is 0 Å². The minimum Gasteiger partial charge on any atom is -0.481 e. The monoisotopic (exact) mass is 292 g/mol. The molecule has 1 amide bonds. The molecule has 0 saturated carbocycles. The number of carboxylic acids is 1. The molecule has 1 rings (SSSR count). The van der Waals surface area contributed by atoms with Crippen molar-refractivity contribution in [2.24, 2.45) is 5.73 Å². The molecule has 1 aromatic carbocycles. The molecule has 2 atom stereocenters. The van der Waals surface area contributed by atoms with E-state index in [4.69, 9.17) is 10.8 Å². The Morgan fingerprint density at radius 3 is 2.43 bits per heavy atom. The van der Waals surface area contributed by atoms with E-state index in [1.54, 1.807) is 11.8 Å². The summed E-state index contributed by atoms with van der Waals surface area (Å²) in [5.74, 6) is -0.938. The van der Waals surface area contributed by atoms with Crippen LogP contribution in [0.3, 0.4) is 0 Å². The highest BCUT2D eigenvalue weighted by Crippen LogP contribution is 2.17. The molecule has 0 aliphatic heterocycles. The van der Waals surface area contributed by atoms with Gasteiger partial charge >= 0.3 is 5.97 Å². The Hall–Kier alpha value is -1.88. The van der Waals surface area contributed by atoms with Gasteiger partial charge in [-0.05, 0) is 25.8 Å². The summed E-state index contributed by atoms with van der Waals surface area (Å²) < 4.78 is 0. The second-order valence-corrected chi connectivity index (χ2v) is 5.18. The molecule has 0 aliphatic rings. The van der Waals surface area contributed by atoms with Gasteiger partial charge in [-0.25, -0.2) is 0 Å². The van der Waals surface area contributed by atoms with Gasteiger partial charge in [0.05, 0.1) is 6.42 Å². The van der Waals surface area contributed by atoms with Crippen LogP contribution in [-0.4, -0.2) is 34.5 Å². The van der Waals surface area contributed by atoms with Gasteiger partial charge < -0.3 is 15.7 Å². The van der Waals surface area contributed by atoms with Crippen molar-refractivity contribution in [3.63, 3.8) is 0 Å².